The second kappa shape index (κ2) is 6.19. The number of methoxy groups -OCH3 is 1. The molecule has 0 spiro atoms. The maximum Gasteiger partial charge on any atom is 0.228 e. The number of nitrogens with one attached hydrogen (secondary N) is 1. The first kappa shape index (κ1) is 14.1. The van der Waals surface area contributed by atoms with Gasteiger partial charge in [0.15, 0.2) is 0 Å². The topological polar surface area (TPSA) is 51.2 Å². The Hall–Kier alpha value is -2.36. The van der Waals surface area contributed by atoms with Crippen molar-refractivity contribution in [2.75, 3.05) is 12.4 Å². The Bertz CT molecular complexity index is 603. The third-order valence-electron chi connectivity index (χ3n) is 3.16. The van der Waals surface area contributed by atoms with Crippen molar-refractivity contribution in [1.82, 2.24) is 4.98 Å². The molecule has 20 heavy (non-hydrogen) atoms. The van der Waals surface area contributed by atoms with Gasteiger partial charge < -0.3 is 10.1 Å². The average Bonchev–Trinajstić information content (AvgIpc) is 2.44. The quantitative estimate of drug-likeness (QED) is 0.929. The number of anilines is 1. The predicted molar refractivity (Wildman–Crippen MR) is 79.0 cm³/mol. The summed E-state index contributed by atoms with van der Waals surface area (Å²) in [6, 6.07) is 9.40. The third-order valence-corrected chi connectivity index (χ3v) is 3.16. The van der Waals surface area contributed by atoms with Gasteiger partial charge in [0.05, 0.1) is 24.9 Å². The Kier molecular flexibility index (Phi) is 4.35. The number of para-hydroxylation sites is 1. The van der Waals surface area contributed by atoms with E-state index >= 15 is 0 Å². The molecule has 2 rings (SSSR count). The number of aryl methyl sites for hydroxylation is 2. The van der Waals surface area contributed by atoms with Crippen LogP contribution in [0.15, 0.2) is 36.5 Å². The molecule has 1 amide bonds. The number of ether oxygens (including phenoxy) is 1. The zero-order valence-corrected chi connectivity index (χ0v) is 11.9. The lowest BCUT2D eigenvalue weighted by molar-refractivity contribution is -0.115. The van der Waals surface area contributed by atoms with Crippen molar-refractivity contribution in [2.24, 2.45) is 0 Å². The molecule has 1 aromatic carbocycles. The van der Waals surface area contributed by atoms with E-state index in [-0.39, 0.29) is 12.3 Å². The standard InChI is InChI=1S/C16H18N2O2/c1-11-8-9-17-12(2)16(11)18-15(19)10-13-6-4-5-7-14(13)20-3/h4-9H,10H2,1-3H3,(H,18,19). The van der Waals surface area contributed by atoms with Crippen molar-refractivity contribution in [3.05, 3.63) is 53.3 Å². The minimum absolute atomic E-state index is 0.0753. The molecular formula is C16H18N2O2. The van der Waals surface area contributed by atoms with Gasteiger partial charge in [-0.15, -0.1) is 0 Å². The molecule has 0 aliphatic heterocycles. The smallest absolute Gasteiger partial charge is 0.228 e. The van der Waals surface area contributed by atoms with Gasteiger partial charge in [-0.2, -0.15) is 0 Å². The van der Waals surface area contributed by atoms with E-state index in [1.807, 2.05) is 44.2 Å². The Morgan fingerprint density at radius 1 is 1.25 bits per heavy atom. The first-order valence-corrected chi connectivity index (χ1v) is 6.45. The monoisotopic (exact) mass is 270 g/mol. The van der Waals surface area contributed by atoms with Crippen LogP contribution in [0.2, 0.25) is 0 Å². The molecular weight excluding hydrogens is 252 g/mol. The van der Waals surface area contributed by atoms with E-state index in [2.05, 4.69) is 10.3 Å². The number of hydrogen-bond acceptors (Lipinski definition) is 3. The van der Waals surface area contributed by atoms with Gasteiger partial charge in [-0.1, -0.05) is 18.2 Å². The molecule has 0 fully saturated rings. The fourth-order valence-electron chi connectivity index (χ4n) is 2.09. The number of benzene rings is 1. The van der Waals surface area contributed by atoms with Gasteiger partial charge in [0.25, 0.3) is 0 Å². The summed E-state index contributed by atoms with van der Waals surface area (Å²) >= 11 is 0. The van der Waals surface area contributed by atoms with Crippen molar-refractivity contribution in [3.8, 4) is 5.75 Å². The van der Waals surface area contributed by atoms with Crippen molar-refractivity contribution in [2.45, 2.75) is 20.3 Å². The van der Waals surface area contributed by atoms with E-state index in [9.17, 15) is 4.79 Å². The molecule has 1 heterocycles. The molecule has 0 radical (unpaired) electrons. The molecule has 0 atom stereocenters. The van der Waals surface area contributed by atoms with Crippen LogP contribution in [0.4, 0.5) is 5.69 Å². The largest absolute Gasteiger partial charge is 0.496 e. The van der Waals surface area contributed by atoms with E-state index in [0.29, 0.717) is 0 Å². The maximum absolute atomic E-state index is 12.2. The number of carbonyl (C=O) groups is 1. The lowest BCUT2D eigenvalue weighted by atomic mass is 10.1. The fraction of sp³-hybridized carbons (Fsp3) is 0.250. The highest BCUT2D eigenvalue weighted by Gasteiger charge is 2.11. The van der Waals surface area contributed by atoms with Crippen LogP contribution in [0.1, 0.15) is 16.8 Å². The normalized spacial score (nSPS) is 10.2. The van der Waals surface area contributed by atoms with Gasteiger partial charge in [0.1, 0.15) is 5.75 Å². The van der Waals surface area contributed by atoms with Crippen molar-refractivity contribution < 1.29 is 9.53 Å². The summed E-state index contributed by atoms with van der Waals surface area (Å²) in [5.41, 5.74) is 3.48. The van der Waals surface area contributed by atoms with Gasteiger partial charge in [0.2, 0.25) is 5.91 Å². The molecule has 4 nitrogen and oxygen atoms in total. The molecule has 104 valence electrons. The predicted octanol–water partition coefficient (Wildman–Crippen LogP) is 2.89. The molecule has 4 heteroatoms. The molecule has 0 saturated carbocycles. The second-order valence-corrected chi connectivity index (χ2v) is 4.63. The molecule has 0 saturated heterocycles. The molecule has 0 bridgehead atoms. The van der Waals surface area contributed by atoms with Gasteiger partial charge >= 0.3 is 0 Å². The number of nitrogens with zero attached hydrogens (tertiary/aromatic N) is 1. The summed E-state index contributed by atoms with van der Waals surface area (Å²) in [6.45, 7) is 3.83. The molecule has 1 aromatic heterocycles. The van der Waals surface area contributed by atoms with E-state index in [4.69, 9.17) is 4.74 Å². The van der Waals surface area contributed by atoms with Gasteiger partial charge in [-0.05, 0) is 31.5 Å². The van der Waals surface area contributed by atoms with E-state index in [0.717, 1.165) is 28.3 Å². The minimum atomic E-state index is -0.0753. The summed E-state index contributed by atoms with van der Waals surface area (Å²) in [6.07, 6.45) is 2.01. The molecule has 0 aliphatic carbocycles. The first-order chi connectivity index (χ1) is 9.61. The molecule has 1 N–H and O–H groups in total. The SMILES string of the molecule is COc1ccccc1CC(=O)Nc1c(C)ccnc1C. The summed E-state index contributed by atoms with van der Waals surface area (Å²) in [5, 5.41) is 2.92. The zero-order chi connectivity index (χ0) is 14.5. The number of rotatable bonds is 4. The second-order valence-electron chi connectivity index (χ2n) is 4.63. The van der Waals surface area contributed by atoms with Gasteiger partial charge in [-0.25, -0.2) is 0 Å². The van der Waals surface area contributed by atoms with Crippen LogP contribution in [0.25, 0.3) is 0 Å². The Morgan fingerprint density at radius 3 is 2.70 bits per heavy atom. The fourth-order valence-corrected chi connectivity index (χ4v) is 2.09. The number of pyridine rings is 1. The highest BCUT2D eigenvalue weighted by Crippen LogP contribution is 2.20. The van der Waals surface area contributed by atoms with E-state index in [1.54, 1.807) is 13.3 Å². The number of carbonyl (C=O) groups excluding carboxylic acids is 1. The highest BCUT2D eigenvalue weighted by atomic mass is 16.5. The summed E-state index contributed by atoms with van der Waals surface area (Å²) in [4.78, 5) is 16.4. The summed E-state index contributed by atoms with van der Waals surface area (Å²) in [7, 11) is 1.60. The van der Waals surface area contributed by atoms with Crippen LogP contribution in [0.5, 0.6) is 5.75 Å². The van der Waals surface area contributed by atoms with Crippen LogP contribution < -0.4 is 10.1 Å². The highest BCUT2D eigenvalue weighted by molar-refractivity contribution is 5.93. The summed E-state index contributed by atoms with van der Waals surface area (Å²) < 4.78 is 5.25. The van der Waals surface area contributed by atoms with Crippen LogP contribution in [0.3, 0.4) is 0 Å². The van der Waals surface area contributed by atoms with E-state index < -0.39 is 0 Å². The molecule has 0 aliphatic rings. The van der Waals surface area contributed by atoms with Gasteiger partial charge in [-0.3, -0.25) is 9.78 Å². The number of aromatic nitrogens is 1. The average molecular weight is 270 g/mol. The van der Waals surface area contributed by atoms with Crippen molar-refractivity contribution >= 4 is 11.6 Å². The number of hydrogen-bond donors (Lipinski definition) is 1. The minimum Gasteiger partial charge on any atom is -0.496 e. The first-order valence-electron chi connectivity index (χ1n) is 6.45. The molecule has 2 aromatic rings. The Labute approximate surface area is 118 Å². The van der Waals surface area contributed by atoms with Crippen LogP contribution in [-0.2, 0) is 11.2 Å². The van der Waals surface area contributed by atoms with Crippen molar-refractivity contribution in [3.63, 3.8) is 0 Å². The van der Waals surface area contributed by atoms with Gasteiger partial charge in [0, 0.05) is 11.8 Å². The molecule has 0 unspecified atom stereocenters. The van der Waals surface area contributed by atoms with Crippen LogP contribution >= 0.6 is 0 Å². The Balaban J connectivity index is 2.13. The lowest BCUT2D eigenvalue weighted by Crippen LogP contribution is -2.16. The Morgan fingerprint density at radius 2 is 2.00 bits per heavy atom. The van der Waals surface area contributed by atoms with E-state index in [1.165, 1.54) is 0 Å². The maximum atomic E-state index is 12.2. The zero-order valence-electron chi connectivity index (χ0n) is 11.9. The summed E-state index contributed by atoms with van der Waals surface area (Å²) in [5.74, 6) is 0.649. The third kappa shape index (κ3) is 3.15. The van der Waals surface area contributed by atoms with Crippen molar-refractivity contribution in [1.29, 1.82) is 0 Å². The van der Waals surface area contributed by atoms with Crippen LogP contribution in [0, 0.1) is 13.8 Å². The lowest BCUT2D eigenvalue weighted by Gasteiger charge is -2.12. The van der Waals surface area contributed by atoms with Crippen LogP contribution in [-0.4, -0.2) is 18.0 Å². The number of amides is 1.